The van der Waals surface area contributed by atoms with Crippen LogP contribution >= 0.6 is 0 Å². The fourth-order valence-electron chi connectivity index (χ4n) is 0.974. The highest BCUT2D eigenvalue weighted by Gasteiger charge is 2.26. The Kier molecular flexibility index (Phi) is 4.07. The van der Waals surface area contributed by atoms with E-state index in [1.807, 2.05) is 13.8 Å². The van der Waals surface area contributed by atoms with Gasteiger partial charge in [-0.15, -0.1) is 0 Å². The number of nitrogens with two attached hydrogens (primary N) is 1. The molecule has 0 amide bonds. The fourth-order valence-corrected chi connectivity index (χ4v) is 0.974. The Balaban J connectivity index is 4.13. The van der Waals surface area contributed by atoms with Crippen LogP contribution in [0.1, 0.15) is 13.8 Å². The standard InChI is InChI=1S/C7H15NO3/c1-4(2)6(11-3)5(8)7(9)10/h4-6H,8H2,1-3H3,(H,9,10)/t5-,6+/m0/s1. The minimum absolute atomic E-state index is 0.117. The lowest BCUT2D eigenvalue weighted by Crippen LogP contribution is -2.45. The summed E-state index contributed by atoms with van der Waals surface area (Å²) in [6.07, 6.45) is -0.410. The molecule has 11 heavy (non-hydrogen) atoms. The second-order valence-electron chi connectivity index (χ2n) is 2.81. The first-order chi connectivity index (χ1) is 5.00. The first-order valence-corrected chi connectivity index (χ1v) is 3.52. The predicted octanol–water partition coefficient (Wildman–Crippen LogP) is 0.0693. The van der Waals surface area contributed by atoms with Crippen molar-refractivity contribution >= 4 is 5.97 Å². The second-order valence-corrected chi connectivity index (χ2v) is 2.81. The SMILES string of the molecule is CO[C@H](C(C)C)[C@H](N)C(=O)O. The molecule has 0 unspecified atom stereocenters. The maximum absolute atomic E-state index is 10.4. The third kappa shape index (κ3) is 2.86. The van der Waals surface area contributed by atoms with Crippen LogP contribution in [0.15, 0.2) is 0 Å². The van der Waals surface area contributed by atoms with Crippen molar-refractivity contribution in [3.63, 3.8) is 0 Å². The van der Waals surface area contributed by atoms with Crippen molar-refractivity contribution in [1.29, 1.82) is 0 Å². The quantitative estimate of drug-likeness (QED) is 0.612. The van der Waals surface area contributed by atoms with E-state index in [0.29, 0.717) is 0 Å². The van der Waals surface area contributed by atoms with Gasteiger partial charge < -0.3 is 15.6 Å². The van der Waals surface area contributed by atoms with Crippen molar-refractivity contribution < 1.29 is 14.6 Å². The van der Waals surface area contributed by atoms with Crippen LogP contribution in [0.5, 0.6) is 0 Å². The number of rotatable bonds is 4. The zero-order valence-corrected chi connectivity index (χ0v) is 7.07. The zero-order valence-electron chi connectivity index (χ0n) is 7.07. The summed E-state index contributed by atoms with van der Waals surface area (Å²) in [6.45, 7) is 3.74. The van der Waals surface area contributed by atoms with E-state index < -0.39 is 18.1 Å². The molecule has 2 atom stereocenters. The first kappa shape index (κ1) is 10.4. The van der Waals surface area contributed by atoms with Crippen LogP contribution in [-0.2, 0) is 9.53 Å². The van der Waals surface area contributed by atoms with Gasteiger partial charge in [0.1, 0.15) is 6.04 Å². The largest absolute Gasteiger partial charge is 0.480 e. The summed E-state index contributed by atoms with van der Waals surface area (Å²) in [6, 6.07) is -0.931. The highest BCUT2D eigenvalue weighted by atomic mass is 16.5. The molecule has 0 rings (SSSR count). The highest BCUT2D eigenvalue weighted by molar-refractivity contribution is 5.73. The van der Waals surface area contributed by atoms with Gasteiger partial charge in [-0.1, -0.05) is 13.8 Å². The lowest BCUT2D eigenvalue weighted by atomic mass is 10.0. The van der Waals surface area contributed by atoms with Crippen LogP contribution in [0, 0.1) is 5.92 Å². The molecule has 0 aromatic rings. The Hall–Kier alpha value is -0.610. The third-order valence-electron chi connectivity index (χ3n) is 1.57. The third-order valence-corrected chi connectivity index (χ3v) is 1.57. The number of aliphatic carboxylic acids is 1. The van der Waals surface area contributed by atoms with Gasteiger partial charge in [0, 0.05) is 7.11 Å². The maximum Gasteiger partial charge on any atom is 0.323 e. The normalized spacial score (nSPS) is 16.5. The van der Waals surface area contributed by atoms with E-state index in [1.54, 1.807) is 0 Å². The Morgan fingerprint density at radius 3 is 2.09 bits per heavy atom. The number of hydrogen-bond acceptors (Lipinski definition) is 3. The predicted molar refractivity (Wildman–Crippen MR) is 41.2 cm³/mol. The maximum atomic E-state index is 10.4. The molecular formula is C7H15NO3. The van der Waals surface area contributed by atoms with Crippen molar-refractivity contribution in [1.82, 2.24) is 0 Å². The van der Waals surface area contributed by atoms with E-state index in [4.69, 9.17) is 15.6 Å². The molecule has 0 heterocycles. The van der Waals surface area contributed by atoms with E-state index in [0.717, 1.165) is 0 Å². The van der Waals surface area contributed by atoms with Gasteiger partial charge in [-0.05, 0) is 5.92 Å². The summed E-state index contributed by atoms with van der Waals surface area (Å²) in [7, 11) is 1.47. The Bertz CT molecular complexity index is 136. The van der Waals surface area contributed by atoms with Crippen LogP contribution in [0.3, 0.4) is 0 Å². The van der Waals surface area contributed by atoms with Crippen LogP contribution in [0.2, 0.25) is 0 Å². The summed E-state index contributed by atoms with van der Waals surface area (Å²) in [4.78, 5) is 10.4. The molecule has 0 saturated heterocycles. The van der Waals surface area contributed by atoms with E-state index in [2.05, 4.69) is 0 Å². The molecule has 0 fully saturated rings. The van der Waals surface area contributed by atoms with Crippen LogP contribution in [0.25, 0.3) is 0 Å². The molecule has 0 aliphatic heterocycles. The van der Waals surface area contributed by atoms with Crippen molar-refractivity contribution in [3.8, 4) is 0 Å². The van der Waals surface area contributed by atoms with Crippen molar-refractivity contribution in [3.05, 3.63) is 0 Å². The number of methoxy groups -OCH3 is 1. The van der Waals surface area contributed by atoms with E-state index in [-0.39, 0.29) is 5.92 Å². The molecule has 0 radical (unpaired) electrons. The second kappa shape index (κ2) is 4.31. The van der Waals surface area contributed by atoms with Gasteiger partial charge in [-0.3, -0.25) is 4.79 Å². The van der Waals surface area contributed by atoms with Gasteiger partial charge >= 0.3 is 5.97 Å². The first-order valence-electron chi connectivity index (χ1n) is 3.52. The number of carbonyl (C=O) groups is 1. The average Bonchev–Trinajstić information content (AvgIpc) is 1.88. The monoisotopic (exact) mass is 161 g/mol. The lowest BCUT2D eigenvalue weighted by molar-refractivity contribution is -0.142. The molecule has 0 bridgehead atoms. The molecule has 0 spiro atoms. The molecule has 4 heteroatoms. The summed E-state index contributed by atoms with van der Waals surface area (Å²) in [5.74, 6) is -0.906. The number of carboxylic acids is 1. The topological polar surface area (TPSA) is 72.5 Å². The number of hydrogen-bond donors (Lipinski definition) is 2. The van der Waals surface area contributed by atoms with Gasteiger partial charge in [-0.2, -0.15) is 0 Å². The van der Waals surface area contributed by atoms with Crippen LogP contribution < -0.4 is 5.73 Å². The van der Waals surface area contributed by atoms with Crippen molar-refractivity contribution in [2.24, 2.45) is 11.7 Å². The van der Waals surface area contributed by atoms with Gasteiger partial charge in [-0.25, -0.2) is 0 Å². The summed E-state index contributed by atoms with van der Waals surface area (Å²) in [5.41, 5.74) is 5.35. The summed E-state index contributed by atoms with van der Waals surface area (Å²) < 4.78 is 4.93. The van der Waals surface area contributed by atoms with Gasteiger partial charge in [0.2, 0.25) is 0 Å². The average molecular weight is 161 g/mol. The van der Waals surface area contributed by atoms with Crippen molar-refractivity contribution in [2.45, 2.75) is 26.0 Å². The Labute approximate surface area is 66.3 Å². The molecule has 66 valence electrons. The number of ether oxygens (including phenoxy) is 1. The van der Waals surface area contributed by atoms with Gasteiger partial charge in [0.25, 0.3) is 0 Å². The summed E-state index contributed by atoms with van der Waals surface area (Å²) >= 11 is 0. The Morgan fingerprint density at radius 1 is 1.55 bits per heavy atom. The minimum Gasteiger partial charge on any atom is -0.480 e. The smallest absolute Gasteiger partial charge is 0.323 e. The van der Waals surface area contributed by atoms with Crippen LogP contribution in [-0.4, -0.2) is 30.3 Å². The Morgan fingerprint density at radius 2 is 2.00 bits per heavy atom. The van der Waals surface area contributed by atoms with Gasteiger partial charge in [0.15, 0.2) is 0 Å². The molecule has 0 saturated carbocycles. The molecule has 0 aromatic carbocycles. The molecular weight excluding hydrogens is 146 g/mol. The lowest BCUT2D eigenvalue weighted by Gasteiger charge is -2.22. The summed E-state index contributed by atoms with van der Waals surface area (Å²) in [5, 5.41) is 8.53. The van der Waals surface area contributed by atoms with Crippen molar-refractivity contribution in [2.75, 3.05) is 7.11 Å². The van der Waals surface area contributed by atoms with E-state index >= 15 is 0 Å². The molecule has 0 aliphatic carbocycles. The van der Waals surface area contributed by atoms with Crippen LogP contribution in [0.4, 0.5) is 0 Å². The number of carboxylic acid groups (broad SMARTS) is 1. The van der Waals surface area contributed by atoms with E-state index in [1.165, 1.54) is 7.11 Å². The molecule has 0 aromatic heterocycles. The highest BCUT2D eigenvalue weighted by Crippen LogP contribution is 2.08. The fraction of sp³-hybridized carbons (Fsp3) is 0.857. The van der Waals surface area contributed by atoms with Gasteiger partial charge in [0.05, 0.1) is 6.10 Å². The minimum atomic E-state index is -1.02. The molecule has 3 N–H and O–H groups in total. The molecule has 0 aliphatic rings. The zero-order chi connectivity index (χ0) is 9.02. The molecule has 4 nitrogen and oxygen atoms in total. The van der Waals surface area contributed by atoms with E-state index in [9.17, 15) is 4.79 Å².